The molecule has 0 aliphatic carbocycles. The first kappa shape index (κ1) is 52.3. The van der Waals surface area contributed by atoms with Gasteiger partial charge in [-0.2, -0.15) is 0 Å². The van der Waals surface area contributed by atoms with Crippen molar-refractivity contribution in [3.63, 3.8) is 0 Å². The molecule has 0 aromatic carbocycles. The van der Waals surface area contributed by atoms with Gasteiger partial charge >= 0.3 is 53.8 Å². The molecule has 0 aliphatic heterocycles. The third-order valence-corrected chi connectivity index (χ3v) is 5.09. The minimum absolute atomic E-state index is 0. The van der Waals surface area contributed by atoms with E-state index < -0.39 is 5.97 Å². The number of hydrogen-bond acceptors (Lipinski definition) is 14. The number of nitrogens with zero attached hydrogens (tertiary/aromatic N) is 6. The number of aryl methyl sites for hydroxylation is 5. The summed E-state index contributed by atoms with van der Waals surface area (Å²) in [5.41, 5.74) is 4.29. The molecule has 245 valence electrons. The van der Waals surface area contributed by atoms with Crippen molar-refractivity contribution in [3.8, 4) is 0 Å². The maximum absolute atomic E-state index is 11.4. The van der Waals surface area contributed by atoms with Crippen molar-refractivity contribution in [1.82, 2.24) is 24.9 Å². The van der Waals surface area contributed by atoms with Crippen LogP contribution in [0.25, 0.3) is 0 Å². The van der Waals surface area contributed by atoms with Crippen molar-refractivity contribution in [3.05, 3.63) is 69.8 Å². The molecule has 0 saturated carbocycles. The maximum Gasteiger partial charge on any atom is 1.00 e. The van der Waals surface area contributed by atoms with Crippen molar-refractivity contribution >= 4 is 53.9 Å². The topological polar surface area (TPSA) is 291 Å². The predicted octanol–water partition coefficient (Wildman–Crippen LogP) is -4.13. The van der Waals surface area contributed by atoms with Gasteiger partial charge in [0.25, 0.3) is 6.47 Å². The number of hydrogen-bond donors (Lipinski definition) is 2. The zero-order valence-corrected chi connectivity index (χ0v) is 31.6. The van der Waals surface area contributed by atoms with Crippen molar-refractivity contribution in [2.75, 3.05) is 13.2 Å². The fourth-order valence-corrected chi connectivity index (χ4v) is 3.16. The molecule has 3 rings (SSSR count). The van der Waals surface area contributed by atoms with Gasteiger partial charge in [-0.1, -0.05) is 4.73 Å². The van der Waals surface area contributed by atoms with Gasteiger partial charge in [-0.15, -0.1) is 0 Å². The Hall–Kier alpha value is -3.20. The van der Waals surface area contributed by atoms with Gasteiger partial charge in [0.15, 0.2) is 17.0 Å². The first-order valence-electron chi connectivity index (χ1n) is 12.2. The Balaban J connectivity index is -0.000000166. The number of carboxylic acid groups (broad SMARTS) is 1. The van der Waals surface area contributed by atoms with Crippen LogP contribution in [0.15, 0.2) is 19.0 Å². The normalized spacial score (nSPS) is 8.54. The van der Waals surface area contributed by atoms with Crippen LogP contribution in [0.4, 0.5) is 0 Å². The number of carboxylic acids is 1. The molecule has 46 heavy (non-hydrogen) atoms. The molecule has 0 spiro atoms. The molecule has 3 aromatic rings. The second-order valence-corrected chi connectivity index (χ2v) is 7.91. The number of rotatable bonds is 6. The molecule has 0 amide bonds. The summed E-state index contributed by atoms with van der Waals surface area (Å²) in [6.07, 6.45) is 4.04. The molecule has 18 nitrogen and oxygen atoms in total. The molecular formula is C26H38N6Na2O12+. The van der Waals surface area contributed by atoms with E-state index in [0.717, 1.165) is 6.33 Å². The Kier molecular flexibility index (Phi) is 31.9. The Labute approximate surface area is 309 Å². The largest absolute Gasteiger partial charge is 1.00 e. The van der Waals surface area contributed by atoms with Crippen molar-refractivity contribution in [1.29, 1.82) is 0 Å². The summed E-state index contributed by atoms with van der Waals surface area (Å²) in [6.45, 7) is 14.2. The van der Waals surface area contributed by atoms with E-state index in [2.05, 4.69) is 29.8 Å². The van der Waals surface area contributed by atoms with Crippen LogP contribution in [0.1, 0.15) is 79.1 Å². The molecule has 0 unspecified atom stereocenters. The average Bonchev–Trinajstić information content (AvgIpc) is 2.92. The second kappa shape index (κ2) is 28.1. The van der Waals surface area contributed by atoms with Crippen LogP contribution in [-0.2, 0) is 19.2 Å². The summed E-state index contributed by atoms with van der Waals surface area (Å²) in [6, 6.07) is 0. The number of carbonyl (C=O) groups is 4. The van der Waals surface area contributed by atoms with Crippen LogP contribution in [0, 0.1) is 41.5 Å². The van der Waals surface area contributed by atoms with Crippen LogP contribution in [-0.4, -0.2) is 113 Å². The predicted molar refractivity (Wildman–Crippen MR) is 153 cm³/mol. The van der Waals surface area contributed by atoms with E-state index in [1.807, 2.05) is 0 Å². The zero-order chi connectivity index (χ0) is 32.4. The van der Waals surface area contributed by atoms with E-state index in [4.69, 9.17) is 29.8 Å². The Morgan fingerprint density at radius 1 is 0.761 bits per heavy atom. The molecule has 0 atom stereocenters. The second-order valence-electron chi connectivity index (χ2n) is 7.91. The number of carbonyl (C=O) groups excluding carboxylic acids is 3. The molecule has 3 aromatic heterocycles. The summed E-state index contributed by atoms with van der Waals surface area (Å²) in [4.78, 5) is 64.1. The smallest absolute Gasteiger partial charge is 0.662 e. The van der Waals surface area contributed by atoms with E-state index >= 15 is 0 Å². The van der Waals surface area contributed by atoms with Gasteiger partial charge in [-0.25, -0.2) is 34.3 Å². The van der Waals surface area contributed by atoms with Gasteiger partial charge < -0.3 is 40.9 Å². The number of aromatic nitrogens is 6. The van der Waals surface area contributed by atoms with E-state index in [1.165, 1.54) is 19.6 Å². The van der Waals surface area contributed by atoms with E-state index in [9.17, 15) is 14.4 Å². The minimum Gasteiger partial charge on any atom is -0.662 e. The molecule has 0 fully saturated rings. The van der Waals surface area contributed by atoms with Crippen LogP contribution >= 0.6 is 0 Å². The monoisotopic (exact) mass is 672 g/mol. The third kappa shape index (κ3) is 17.5. The third-order valence-electron chi connectivity index (χ3n) is 5.09. The SMILES string of the molecule is CCOC(=O)c1c(C)ncnc1C.CCOC(=O)c1c(C)ncnc1C.Cc1nc[n+](O)c(C)c1C(=O)O.O.O.O=CO[O-].[Na+].[Na]. The Morgan fingerprint density at radius 3 is 1.30 bits per heavy atom. The van der Waals surface area contributed by atoms with Crippen molar-refractivity contribution in [2.45, 2.75) is 55.4 Å². The van der Waals surface area contributed by atoms with E-state index in [-0.39, 0.29) is 99.7 Å². The van der Waals surface area contributed by atoms with Gasteiger partial charge in [-0.3, -0.25) is 4.79 Å². The fourth-order valence-electron chi connectivity index (χ4n) is 3.16. The summed E-state index contributed by atoms with van der Waals surface area (Å²) in [5, 5.41) is 26.2. The van der Waals surface area contributed by atoms with E-state index in [0.29, 0.717) is 57.5 Å². The standard InChI is InChI=1S/2C9H12N2O2.C7H8N2O3.CH2O3.2Na.2H2O/c2*1-4-13-9(12)8-6(2)10-5-11-7(8)3;1-4-6(7(10)11)5(2)9(12)3-8-4;2-1-4-3;;;;/h2*5H,4H2,1-3H3;3H,1-2H3,(H-,10,11,12);1,3H;;;2*1H2/q;;;;;+1;;. The number of esters is 2. The quantitative estimate of drug-likeness (QED) is 0.0478. The van der Waals surface area contributed by atoms with Gasteiger partial charge in [-0.05, 0) is 46.5 Å². The molecule has 3 heterocycles. The van der Waals surface area contributed by atoms with Crippen LogP contribution in [0.2, 0.25) is 0 Å². The maximum atomic E-state index is 11.4. The summed E-state index contributed by atoms with van der Waals surface area (Å²) in [5.74, 6) is -1.78. The zero-order valence-electron chi connectivity index (χ0n) is 27.6. The van der Waals surface area contributed by atoms with Crippen LogP contribution in [0.3, 0.4) is 0 Å². The summed E-state index contributed by atoms with van der Waals surface area (Å²) in [7, 11) is 0. The van der Waals surface area contributed by atoms with Crippen LogP contribution in [0.5, 0.6) is 0 Å². The number of aromatic carboxylic acids is 1. The molecule has 20 heteroatoms. The molecule has 0 saturated heterocycles. The Bertz CT molecular complexity index is 1280. The summed E-state index contributed by atoms with van der Waals surface area (Å²) >= 11 is 0. The molecule has 0 aliphatic rings. The van der Waals surface area contributed by atoms with Gasteiger partial charge in [0.2, 0.25) is 0 Å². The first-order chi connectivity index (χ1) is 19.8. The van der Waals surface area contributed by atoms with Crippen LogP contribution < -0.4 is 39.5 Å². The van der Waals surface area contributed by atoms with Gasteiger partial charge in [0.1, 0.15) is 23.8 Å². The summed E-state index contributed by atoms with van der Waals surface area (Å²) < 4.78 is 10.4. The van der Waals surface area contributed by atoms with Crippen molar-refractivity contribution in [2.24, 2.45) is 0 Å². The van der Waals surface area contributed by atoms with Gasteiger partial charge in [0.05, 0.1) is 36.0 Å². The van der Waals surface area contributed by atoms with E-state index in [1.54, 1.807) is 48.5 Å². The first-order valence-corrected chi connectivity index (χ1v) is 12.2. The number of ether oxygens (including phenoxy) is 2. The minimum atomic E-state index is -1.08. The molecule has 0 bridgehead atoms. The molecule has 1 radical (unpaired) electrons. The Morgan fingerprint density at radius 2 is 1.07 bits per heavy atom. The fraction of sp³-hybridized carbons (Fsp3) is 0.385. The van der Waals surface area contributed by atoms with Crippen molar-refractivity contribution < 1.29 is 94.4 Å². The molecular weight excluding hydrogens is 634 g/mol. The molecule has 6 N–H and O–H groups in total. The van der Waals surface area contributed by atoms with Gasteiger partial charge in [0, 0.05) is 43.4 Å². The average molecular weight is 673 g/mol.